The van der Waals surface area contributed by atoms with Gasteiger partial charge in [-0.25, -0.2) is 0 Å². The first-order valence-electron chi connectivity index (χ1n) is 5.98. The molecule has 0 fully saturated rings. The van der Waals surface area contributed by atoms with E-state index >= 15 is 0 Å². The zero-order valence-electron chi connectivity index (χ0n) is 10.5. The van der Waals surface area contributed by atoms with Crippen LogP contribution < -0.4 is 5.73 Å². The van der Waals surface area contributed by atoms with Crippen molar-refractivity contribution < 1.29 is 5.11 Å². The number of benzene rings is 1. The van der Waals surface area contributed by atoms with Crippen molar-refractivity contribution in [1.82, 2.24) is 0 Å². The van der Waals surface area contributed by atoms with Crippen LogP contribution in [0.25, 0.3) is 0 Å². The Morgan fingerprint density at radius 1 is 1.31 bits per heavy atom. The highest BCUT2D eigenvalue weighted by atomic mass is 16.3. The van der Waals surface area contributed by atoms with E-state index in [-0.39, 0.29) is 6.04 Å². The minimum absolute atomic E-state index is 0.163. The SMILES string of the molecule is Cc1cccc(CC(N)C(O)CC(C)C)c1. The van der Waals surface area contributed by atoms with Gasteiger partial charge in [-0.1, -0.05) is 43.7 Å². The molecule has 1 rings (SSSR count). The molecule has 3 N–H and O–H groups in total. The van der Waals surface area contributed by atoms with Gasteiger partial charge in [0.05, 0.1) is 6.10 Å². The van der Waals surface area contributed by atoms with Crippen molar-refractivity contribution in [1.29, 1.82) is 0 Å². The zero-order chi connectivity index (χ0) is 12.1. The molecule has 2 nitrogen and oxygen atoms in total. The first kappa shape index (κ1) is 13.2. The second kappa shape index (κ2) is 6.02. The average Bonchev–Trinajstić information content (AvgIpc) is 2.16. The Morgan fingerprint density at radius 3 is 2.56 bits per heavy atom. The Morgan fingerprint density at radius 2 is 2.00 bits per heavy atom. The second-order valence-electron chi connectivity index (χ2n) is 5.05. The lowest BCUT2D eigenvalue weighted by Gasteiger charge is -2.20. The first-order valence-corrected chi connectivity index (χ1v) is 5.98. The maximum absolute atomic E-state index is 9.89. The molecule has 90 valence electrons. The lowest BCUT2D eigenvalue weighted by molar-refractivity contribution is 0.120. The highest BCUT2D eigenvalue weighted by Crippen LogP contribution is 2.12. The highest BCUT2D eigenvalue weighted by Gasteiger charge is 2.16. The van der Waals surface area contributed by atoms with Gasteiger partial charge in [0.2, 0.25) is 0 Å². The summed E-state index contributed by atoms with van der Waals surface area (Å²) in [6, 6.07) is 8.13. The fourth-order valence-electron chi connectivity index (χ4n) is 1.91. The van der Waals surface area contributed by atoms with Gasteiger partial charge in [0, 0.05) is 6.04 Å². The van der Waals surface area contributed by atoms with Crippen LogP contribution in [-0.2, 0) is 6.42 Å². The fourth-order valence-corrected chi connectivity index (χ4v) is 1.91. The van der Waals surface area contributed by atoms with Crippen LogP contribution in [0, 0.1) is 12.8 Å². The van der Waals surface area contributed by atoms with Crippen molar-refractivity contribution in [3.8, 4) is 0 Å². The van der Waals surface area contributed by atoms with E-state index in [0.717, 1.165) is 12.8 Å². The molecule has 2 heteroatoms. The summed E-state index contributed by atoms with van der Waals surface area (Å²) in [5, 5.41) is 9.89. The molecule has 0 saturated heterocycles. The van der Waals surface area contributed by atoms with Crippen LogP contribution in [0.15, 0.2) is 24.3 Å². The van der Waals surface area contributed by atoms with Crippen molar-refractivity contribution in [2.75, 3.05) is 0 Å². The largest absolute Gasteiger partial charge is 0.391 e. The number of hydrogen-bond acceptors (Lipinski definition) is 2. The third-order valence-corrected chi connectivity index (χ3v) is 2.76. The predicted octanol–water partition coefficient (Wildman–Crippen LogP) is 2.27. The van der Waals surface area contributed by atoms with E-state index in [0.29, 0.717) is 5.92 Å². The molecule has 1 aromatic rings. The zero-order valence-corrected chi connectivity index (χ0v) is 10.5. The van der Waals surface area contributed by atoms with E-state index in [9.17, 15) is 5.11 Å². The molecular formula is C14H23NO. The maximum atomic E-state index is 9.89. The Balaban J connectivity index is 2.53. The molecule has 0 aliphatic carbocycles. The Bertz CT molecular complexity index is 322. The third-order valence-electron chi connectivity index (χ3n) is 2.76. The van der Waals surface area contributed by atoms with Crippen LogP contribution in [0.5, 0.6) is 0 Å². The van der Waals surface area contributed by atoms with Crippen LogP contribution in [0.2, 0.25) is 0 Å². The molecule has 0 aromatic heterocycles. The van der Waals surface area contributed by atoms with Crippen LogP contribution in [-0.4, -0.2) is 17.3 Å². The second-order valence-corrected chi connectivity index (χ2v) is 5.05. The van der Waals surface area contributed by atoms with Crippen molar-refractivity contribution in [2.45, 2.75) is 45.8 Å². The summed E-state index contributed by atoms with van der Waals surface area (Å²) in [6.45, 7) is 6.27. The Hall–Kier alpha value is -0.860. The molecule has 0 heterocycles. The summed E-state index contributed by atoms with van der Waals surface area (Å²) in [5.41, 5.74) is 8.44. The smallest absolute Gasteiger partial charge is 0.0696 e. The number of nitrogens with two attached hydrogens (primary N) is 1. The maximum Gasteiger partial charge on any atom is 0.0696 e. The minimum atomic E-state index is -0.402. The van der Waals surface area contributed by atoms with Gasteiger partial charge >= 0.3 is 0 Å². The quantitative estimate of drug-likeness (QED) is 0.801. The van der Waals surface area contributed by atoms with Gasteiger partial charge in [0.25, 0.3) is 0 Å². The van der Waals surface area contributed by atoms with Crippen molar-refractivity contribution >= 4 is 0 Å². The Labute approximate surface area is 98.5 Å². The highest BCUT2D eigenvalue weighted by molar-refractivity contribution is 5.23. The number of aliphatic hydroxyl groups is 1. The summed E-state index contributed by atoms with van der Waals surface area (Å²) in [7, 11) is 0. The number of rotatable bonds is 5. The summed E-state index contributed by atoms with van der Waals surface area (Å²) >= 11 is 0. The van der Waals surface area contributed by atoms with Gasteiger partial charge in [-0.3, -0.25) is 0 Å². The van der Waals surface area contributed by atoms with E-state index in [1.54, 1.807) is 0 Å². The molecule has 16 heavy (non-hydrogen) atoms. The molecule has 0 saturated carbocycles. The van der Waals surface area contributed by atoms with E-state index in [2.05, 4.69) is 39.0 Å². The molecule has 0 bridgehead atoms. The van der Waals surface area contributed by atoms with Crippen molar-refractivity contribution in [3.63, 3.8) is 0 Å². The minimum Gasteiger partial charge on any atom is -0.391 e. The van der Waals surface area contributed by atoms with Crippen molar-refractivity contribution in [2.24, 2.45) is 11.7 Å². The first-order chi connectivity index (χ1) is 7.49. The van der Waals surface area contributed by atoms with E-state index < -0.39 is 6.10 Å². The van der Waals surface area contributed by atoms with E-state index in [1.165, 1.54) is 11.1 Å². The summed E-state index contributed by atoms with van der Waals surface area (Å²) in [4.78, 5) is 0. The summed E-state index contributed by atoms with van der Waals surface area (Å²) < 4.78 is 0. The van der Waals surface area contributed by atoms with Crippen LogP contribution in [0.4, 0.5) is 0 Å². The van der Waals surface area contributed by atoms with Crippen LogP contribution >= 0.6 is 0 Å². The lowest BCUT2D eigenvalue weighted by Crippen LogP contribution is -2.37. The van der Waals surface area contributed by atoms with Gasteiger partial charge in [0.15, 0.2) is 0 Å². The predicted molar refractivity (Wildman–Crippen MR) is 68.3 cm³/mol. The van der Waals surface area contributed by atoms with E-state index in [1.807, 2.05) is 6.07 Å². The molecule has 2 atom stereocenters. The molecule has 1 aromatic carbocycles. The van der Waals surface area contributed by atoms with Gasteiger partial charge < -0.3 is 10.8 Å². The molecule has 2 unspecified atom stereocenters. The third kappa shape index (κ3) is 4.33. The van der Waals surface area contributed by atoms with E-state index in [4.69, 9.17) is 5.73 Å². The van der Waals surface area contributed by atoms with Crippen LogP contribution in [0.1, 0.15) is 31.4 Å². The summed E-state index contributed by atoms with van der Waals surface area (Å²) in [6.07, 6.45) is 1.11. The normalized spacial score (nSPS) is 15.1. The topological polar surface area (TPSA) is 46.2 Å². The van der Waals surface area contributed by atoms with Gasteiger partial charge in [-0.05, 0) is 31.2 Å². The van der Waals surface area contributed by atoms with Gasteiger partial charge in [-0.15, -0.1) is 0 Å². The molecular weight excluding hydrogens is 198 g/mol. The van der Waals surface area contributed by atoms with Crippen molar-refractivity contribution in [3.05, 3.63) is 35.4 Å². The average molecular weight is 221 g/mol. The fraction of sp³-hybridized carbons (Fsp3) is 0.571. The van der Waals surface area contributed by atoms with Gasteiger partial charge in [-0.2, -0.15) is 0 Å². The summed E-state index contributed by atoms with van der Waals surface area (Å²) in [5.74, 6) is 0.485. The van der Waals surface area contributed by atoms with Crippen LogP contribution in [0.3, 0.4) is 0 Å². The number of hydrogen-bond donors (Lipinski definition) is 2. The molecule has 0 spiro atoms. The number of aryl methyl sites for hydroxylation is 1. The number of aliphatic hydroxyl groups excluding tert-OH is 1. The Kier molecular flexibility index (Phi) is 4.97. The molecule has 0 radical (unpaired) electrons. The monoisotopic (exact) mass is 221 g/mol. The molecule has 0 amide bonds. The molecule has 0 aliphatic rings. The molecule has 0 aliphatic heterocycles. The standard InChI is InChI=1S/C14H23NO/c1-10(2)7-14(16)13(15)9-12-6-4-5-11(3)8-12/h4-6,8,10,13-14,16H,7,9,15H2,1-3H3. The van der Waals surface area contributed by atoms with Gasteiger partial charge in [0.1, 0.15) is 0 Å². The lowest BCUT2D eigenvalue weighted by atomic mass is 9.95.